The fourth-order valence-corrected chi connectivity index (χ4v) is 7.75. The fraction of sp³-hybridized carbons (Fsp3) is 0.489. The van der Waals surface area contributed by atoms with Crippen molar-refractivity contribution in [3.8, 4) is 0 Å². The minimum absolute atomic E-state index is 0.164. The molecule has 0 radical (unpaired) electrons. The first kappa shape index (κ1) is 40.2. The Morgan fingerprint density at radius 2 is 1.19 bits per heavy atom. The van der Waals surface area contributed by atoms with Crippen LogP contribution in [0.1, 0.15) is 50.1 Å². The number of fused-ring (bicyclic) bond motifs is 1. The summed E-state index contributed by atoms with van der Waals surface area (Å²) in [6, 6.07) is 35.8. The molecule has 10 atom stereocenters. The van der Waals surface area contributed by atoms with Gasteiger partial charge in [0.1, 0.15) is 48.8 Å². The Labute approximate surface area is 334 Å². The summed E-state index contributed by atoms with van der Waals surface area (Å²) in [5, 5.41) is 0. The third-order valence-electron chi connectivity index (χ3n) is 10.4. The Morgan fingerprint density at radius 1 is 0.579 bits per heavy atom. The molecule has 0 amide bonds. The van der Waals surface area contributed by atoms with Crippen LogP contribution in [-0.2, 0) is 78.5 Å². The van der Waals surface area contributed by atoms with Gasteiger partial charge in [0.15, 0.2) is 24.2 Å². The molecule has 4 saturated heterocycles. The molecule has 4 aliphatic rings. The quantitative estimate of drug-likeness (QED) is 0.124. The van der Waals surface area contributed by atoms with E-state index < -0.39 is 73.0 Å². The van der Waals surface area contributed by atoms with Crippen molar-refractivity contribution < 1.29 is 52.1 Å². The van der Waals surface area contributed by atoms with Crippen molar-refractivity contribution in [2.75, 3.05) is 13.2 Å². The zero-order valence-corrected chi connectivity index (χ0v) is 32.9. The van der Waals surface area contributed by atoms with Crippen molar-refractivity contribution in [3.05, 3.63) is 138 Å². The predicted molar refractivity (Wildman–Crippen MR) is 206 cm³/mol. The SMILES string of the molecule is CC1(C)O[C@H]2O[C@H]([C@@H]3COC(C)(C)O3)[C@H](O[C@@H]3O[C@H](COCc4ccccc4)[C@@H](OCc4ccccc4)[C@H](OCc4ccccc4)[C@H]3OCc3ccccn3)[C@H]2O1. The van der Waals surface area contributed by atoms with E-state index in [1.54, 1.807) is 6.20 Å². The number of pyridine rings is 1. The standard InChI is InChI=1S/C45H53NO11/c1-44(2)51-29-35(55-44)37-39(41-43(53-37)57-45(3,4)56-41)54-42-40(50-27-33-22-14-15-23-46-33)38(49-26-32-20-12-7-13-21-32)36(48-25-31-18-10-6-11-19-31)34(52-42)28-47-24-30-16-8-5-9-17-30/h5-23,34-43H,24-29H2,1-4H3/t34-,35+,36-,37-,38+,39+,40-,41-,42+,43-/m1/s1. The Bertz CT molecular complexity index is 1820. The maximum Gasteiger partial charge on any atom is 0.190 e. The van der Waals surface area contributed by atoms with Crippen LogP contribution in [0.25, 0.3) is 0 Å². The third kappa shape index (κ3) is 10.2. The summed E-state index contributed by atoms with van der Waals surface area (Å²) in [5.41, 5.74) is 3.78. The number of hydrogen-bond donors (Lipinski definition) is 0. The van der Waals surface area contributed by atoms with Crippen LogP contribution in [0.15, 0.2) is 115 Å². The van der Waals surface area contributed by atoms with E-state index >= 15 is 0 Å². The van der Waals surface area contributed by atoms with Crippen LogP contribution in [0.4, 0.5) is 0 Å². The summed E-state index contributed by atoms with van der Waals surface area (Å²) < 4.78 is 72.6. The minimum atomic E-state index is -1.01. The molecule has 12 heteroatoms. The second-order valence-electron chi connectivity index (χ2n) is 15.7. The first-order chi connectivity index (χ1) is 27.7. The molecule has 5 heterocycles. The van der Waals surface area contributed by atoms with Crippen LogP contribution in [0.5, 0.6) is 0 Å². The average molecular weight is 784 g/mol. The molecule has 57 heavy (non-hydrogen) atoms. The molecule has 1 aromatic heterocycles. The van der Waals surface area contributed by atoms with Gasteiger partial charge in [-0.05, 0) is 56.5 Å². The Morgan fingerprint density at radius 3 is 1.81 bits per heavy atom. The fourth-order valence-electron chi connectivity index (χ4n) is 7.75. The van der Waals surface area contributed by atoms with Crippen LogP contribution in [0.2, 0.25) is 0 Å². The van der Waals surface area contributed by atoms with Gasteiger partial charge in [-0.1, -0.05) is 97.1 Å². The second kappa shape index (κ2) is 18.1. The van der Waals surface area contributed by atoms with Crippen molar-refractivity contribution in [2.24, 2.45) is 0 Å². The molecule has 0 N–H and O–H groups in total. The highest BCUT2D eigenvalue weighted by Crippen LogP contribution is 2.44. The first-order valence-corrected chi connectivity index (χ1v) is 19.8. The molecule has 304 valence electrons. The summed E-state index contributed by atoms with van der Waals surface area (Å²) in [6.45, 7) is 9.11. The van der Waals surface area contributed by atoms with Crippen LogP contribution < -0.4 is 0 Å². The van der Waals surface area contributed by atoms with Gasteiger partial charge in [-0.25, -0.2) is 0 Å². The smallest absolute Gasteiger partial charge is 0.190 e. The highest BCUT2D eigenvalue weighted by Gasteiger charge is 2.61. The molecular formula is C45H53NO11. The summed E-state index contributed by atoms with van der Waals surface area (Å²) in [6.07, 6.45) is -5.12. The molecule has 0 aliphatic carbocycles. The summed E-state index contributed by atoms with van der Waals surface area (Å²) in [7, 11) is 0. The van der Waals surface area contributed by atoms with E-state index in [0.717, 1.165) is 22.4 Å². The first-order valence-electron chi connectivity index (χ1n) is 19.8. The molecule has 0 spiro atoms. The molecule has 8 rings (SSSR count). The van der Waals surface area contributed by atoms with E-state index in [1.807, 2.05) is 137 Å². The van der Waals surface area contributed by atoms with Gasteiger partial charge in [-0.3, -0.25) is 4.98 Å². The summed E-state index contributed by atoms with van der Waals surface area (Å²) >= 11 is 0. The zero-order chi connectivity index (χ0) is 39.2. The lowest BCUT2D eigenvalue weighted by Gasteiger charge is -2.47. The molecule has 4 fully saturated rings. The van der Waals surface area contributed by atoms with Gasteiger partial charge in [0.25, 0.3) is 0 Å². The van der Waals surface area contributed by atoms with Crippen molar-refractivity contribution in [2.45, 2.75) is 127 Å². The van der Waals surface area contributed by atoms with Crippen molar-refractivity contribution >= 4 is 0 Å². The van der Waals surface area contributed by atoms with Crippen molar-refractivity contribution in [1.29, 1.82) is 0 Å². The average Bonchev–Trinajstić information content (AvgIpc) is 3.85. The Kier molecular flexibility index (Phi) is 12.8. The van der Waals surface area contributed by atoms with Crippen LogP contribution in [0, 0.1) is 0 Å². The van der Waals surface area contributed by atoms with Gasteiger partial charge < -0.3 is 52.1 Å². The van der Waals surface area contributed by atoms with Gasteiger partial charge in [-0.2, -0.15) is 0 Å². The molecule has 0 bridgehead atoms. The largest absolute Gasteiger partial charge is 0.374 e. The van der Waals surface area contributed by atoms with Crippen molar-refractivity contribution in [3.63, 3.8) is 0 Å². The third-order valence-corrected chi connectivity index (χ3v) is 10.4. The number of nitrogens with zero attached hydrogens (tertiary/aromatic N) is 1. The van der Waals surface area contributed by atoms with E-state index in [-0.39, 0.29) is 19.8 Å². The molecule has 0 saturated carbocycles. The lowest BCUT2D eigenvalue weighted by atomic mass is 9.97. The van der Waals surface area contributed by atoms with Crippen LogP contribution >= 0.6 is 0 Å². The van der Waals surface area contributed by atoms with Gasteiger partial charge in [0, 0.05) is 6.20 Å². The second-order valence-corrected chi connectivity index (χ2v) is 15.7. The van der Waals surface area contributed by atoms with Gasteiger partial charge >= 0.3 is 0 Å². The molecular weight excluding hydrogens is 730 g/mol. The maximum atomic E-state index is 7.12. The van der Waals surface area contributed by atoms with Crippen molar-refractivity contribution in [1.82, 2.24) is 4.98 Å². The molecule has 4 aliphatic heterocycles. The maximum absolute atomic E-state index is 7.12. The number of ether oxygens (including phenoxy) is 11. The number of rotatable bonds is 16. The molecule has 0 unspecified atom stereocenters. The molecule has 3 aromatic carbocycles. The molecule has 4 aromatic rings. The normalized spacial score (nSPS) is 31.6. The van der Waals surface area contributed by atoms with E-state index in [9.17, 15) is 0 Å². The zero-order valence-electron chi connectivity index (χ0n) is 32.9. The minimum Gasteiger partial charge on any atom is -0.374 e. The number of benzene rings is 3. The lowest BCUT2D eigenvalue weighted by Crippen LogP contribution is -2.63. The summed E-state index contributed by atoms with van der Waals surface area (Å²) in [4.78, 5) is 4.54. The van der Waals surface area contributed by atoms with Crippen LogP contribution in [-0.4, -0.2) is 91.2 Å². The predicted octanol–water partition coefficient (Wildman–Crippen LogP) is 6.49. The highest BCUT2D eigenvalue weighted by molar-refractivity contribution is 5.16. The van der Waals surface area contributed by atoms with E-state index in [0.29, 0.717) is 19.8 Å². The van der Waals surface area contributed by atoms with Gasteiger partial charge in [-0.15, -0.1) is 0 Å². The topological polar surface area (TPSA) is 114 Å². The van der Waals surface area contributed by atoms with E-state index in [4.69, 9.17) is 52.1 Å². The van der Waals surface area contributed by atoms with Crippen LogP contribution in [0.3, 0.4) is 0 Å². The lowest BCUT2D eigenvalue weighted by molar-refractivity contribution is -0.346. The van der Waals surface area contributed by atoms with Gasteiger partial charge in [0.2, 0.25) is 0 Å². The monoisotopic (exact) mass is 783 g/mol. The highest BCUT2D eigenvalue weighted by atomic mass is 16.9. The van der Waals surface area contributed by atoms with E-state index in [2.05, 4.69) is 4.98 Å². The Balaban J connectivity index is 1.14. The summed E-state index contributed by atoms with van der Waals surface area (Å²) in [5.74, 6) is -1.70. The number of hydrogen-bond acceptors (Lipinski definition) is 12. The Hall–Kier alpha value is -3.63. The molecule has 12 nitrogen and oxygen atoms in total. The van der Waals surface area contributed by atoms with E-state index in [1.165, 1.54) is 0 Å². The number of aromatic nitrogens is 1. The van der Waals surface area contributed by atoms with Gasteiger partial charge in [0.05, 0.1) is 45.3 Å².